The van der Waals surface area contributed by atoms with Crippen LogP contribution >= 0.6 is 0 Å². The molecule has 0 spiro atoms. The van der Waals surface area contributed by atoms with Gasteiger partial charge in [0.05, 0.1) is 0 Å². The van der Waals surface area contributed by atoms with Crippen molar-refractivity contribution in [3.8, 4) is 0 Å². The van der Waals surface area contributed by atoms with Crippen LogP contribution in [0.3, 0.4) is 0 Å². The lowest BCUT2D eigenvalue weighted by molar-refractivity contribution is -0.128. The fraction of sp³-hybridized carbons (Fsp3) is 0.400. The first-order valence-electron chi connectivity index (χ1n) is 7.76. The van der Waals surface area contributed by atoms with E-state index in [1.807, 2.05) is 29.2 Å². The van der Waals surface area contributed by atoms with Crippen LogP contribution in [0, 0.1) is 0 Å². The molecule has 1 aromatic heterocycles. The van der Waals surface area contributed by atoms with Gasteiger partial charge in [-0.15, -0.1) is 0 Å². The Morgan fingerprint density at radius 2 is 2.08 bits per heavy atom. The zero-order valence-electron chi connectivity index (χ0n) is 13.2. The van der Waals surface area contributed by atoms with Crippen LogP contribution in [0.1, 0.15) is 24.0 Å². The van der Waals surface area contributed by atoms with E-state index in [4.69, 9.17) is 5.73 Å². The second-order valence-corrected chi connectivity index (χ2v) is 5.66. The van der Waals surface area contributed by atoms with Crippen LogP contribution in [0.4, 0.5) is 5.95 Å². The predicted octanol–water partition coefficient (Wildman–Crippen LogP) is -0.306. The van der Waals surface area contributed by atoms with Crippen molar-refractivity contribution < 1.29 is 9.59 Å². The van der Waals surface area contributed by atoms with Gasteiger partial charge in [0.15, 0.2) is 0 Å². The van der Waals surface area contributed by atoms with Crippen LogP contribution in [-0.2, 0) is 29.2 Å². The summed E-state index contributed by atoms with van der Waals surface area (Å²) in [4.78, 5) is 25.6. The molecule has 0 unspecified atom stereocenters. The summed E-state index contributed by atoms with van der Waals surface area (Å²) in [5.41, 5.74) is 7.55. The third-order valence-electron chi connectivity index (χ3n) is 3.98. The van der Waals surface area contributed by atoms with Gasteiger partial charge < -0.3 is 16.0 Å². The summed E-state index contributed by atoms with van der Waals surface area (Å²) >= 11 is 0. The Morgan fingerprint density at radius 1 is 1.29 bits per heavy atom. The average molecular weight is 329 g/mol. The van der Waals surface area contributed by atoms with E-state index in [0.717, 1.165) is 24.1 Å². The molecule has 3 rings (SSSR count). The fourth-order valence-corrected chi connectivity index (χ4v) is 2.67. The molecule has 2 amide bonds. The molecular weight excluding hydrogens is 310 g/mol. The Morgan fingerprint density at radius 3 is 2.75 bits per heavy atom. The minimum absolute atomic E-state index is 0.0361. The van der Waals surface area contributed by atoms with E-state index < -0.39 is 0 Å². The van der Waals surface area contributed by atoms with Crippen LogP contribution in [0.25, 0.3) is 0 Å². The summed E-state index contributed by atoms with van der Waals surface area (Å²) in [5.74, 6) is 0.0437. The molecule has 0 aliphatic carbocycles. The van der Waals surface area contributed by atoms with Crippen molar-refractivity contribution >= 4 is 17.8 Å². The highest BCUT2D eigenvalue weighted by atomic mass is 16.2. The highest BCUT2D eigenvalue weighted by Crippen LogP contribution is 2.17. The number of nitrogens with one attached hydrogen (secondary N) is 1. The number of aromatic nitrogens is 4. The molecular formula is C15H19N7O2. The summed E-state index contributed by atoms with van der Waals surface area (Å²) in [6.07, 6.45) is 1.53. The lowest BCUT2D eigenvalue weighted by Crippen LogP contribution is -2.29. The summed E-state index contributed by atoms with van der Waals surface area (Å²) < 4.78 is 1.23. The number of carbonyl (C=O) groups excluding carboxylic acids is 2. The summed E-state index contributed by atoms with van der Waals surface area (Å²) in [6.45, 7) is 1.70. The van der Waals surface area contributed by atoms with E-state index in [1.54, 1.807) is 0 Å². The molecule has 9 heteroatoms. The van der Waals surface area contributed by atoms with Crippen LogP contribution in [-0.4, -0.2) is 43.5 Å². The van der Waals surface area contributed by atoms with Gasteiger partial charge in [-0.1, -0.05) is 29.4 Å². The highest BCUT2D eigenvalue weighted by molar-refractivity contribution is 5.78. The zero-order chi connectivity index (χ0) is 16.9. The van der Waals surface area contributed by atoms with Crippen molar-refractivity contribution in [2.75, 3.05) is 12.3 Å². The number of nitrogen functional groups attached to an aromatic ring is 1. The number of carbonyl (C=O) groups is 2. The first-order valence-corrected chi connectivity index (χ1v) is 7.76. The quantitative estimate of drug-likeness (QED) is 0.750. The molecule has 0 radical (unpaired) electrons. The van der Waals surface area contributed by atoms with Crippen LogP contribution in [0.5, 0.6) is 0 Å². The number of benzene rings is 1. The number of anilines is 1. The maximum Gasteiger partial charge on any atom is 0.242 e. The van der Waals surface area contributed by atoms with Gasteiger partial charge >= 0.3 is 0 Å². The SMILES string of the molecule is Nc1nnnn1CC(=O)NCc1ccccc1CN1CCCC1=O. The number of nitrogens with zero attached hydrogens (tertiary/aromatic N) is 5. The van der Waals surface area contributed by atoms with E-state index in [2.05, 4.69) is 20.8 Å². The number of rotatable bonds is 6. The monoisotopic (exact) mass is 329 g/mol. The number of likely N-dealkylation sites (tertiary alicyclic amines) is 1. The van der Waals surface area contributed by atoms with Gasteiger partial charge in [-0.2, -0.15) is 0 Å². The molecule has 1 saturated heterocycles. The molecule has 24 heavy (non-hydrogen) atoms. The fourth-order valence-electron chi connectivity index (χ4n) is 2.67. The number of hydrogen-bond donors (Lipinski definition) is 2. The van der Waals surface area contributed by atoms with E-state index in [1.165, 1.54) is 4.68 Å². The second kappa shape index (κ2) is 7.07. The zero-order valence-corrected chi connectivity index (χ0v) is 13.2. The van der Waals surface area contributed by atoms with Gasteiger partial charge in [0.1, 0.15) is 6.54 Å². The van der Waals surface area contributed by atoms with E-state index >= 15 is 0 Å². The van der Waals surface area contributed by atoms with E-state index in [9.17, 15) is 9.59 Å². The molecule has 126 valence electrons. The Hall–Kier alpha value is -2.97. The topological polar surface area (TPSA) is 119 Å². The molecule has 0 bridgehead atoms. The summed E-state index contributed by atoms with van der Waals surface area (Å²) in [5, 5.41) is 13.4. The Balaban J connectivity index is 1.59. The van der Waals surface area contributed by atoms with Crippen LogP contribution in [0.2, 0.25) is 0 Å². The van der Waals surface area contributed by atoms with Gasteiger partial charge in [-0.3, -0.25) is 9.59 Å². The normalized spacial score (nSPS) is 14.2. The summed E-state index contributed by atoms with van der Waals surface area (Å²) in [7, 11) is 0. The molecule has 1 aliphatic heterocycles. The molecule has 0 atom stereocenters. The van der Waals surface area contributed by atoms with Crippen molar-refractivity contribution in [1.29, 1.82) is 0 Å². The Labute approximate surface area is 138 Å². The van der Waals surface area contributed by atoms with Crippen LogP contribution in [0.15, 0.2) is 24.3 Å². The molecule has 9 nitrogen and oxygen atoms in total. The standard InChI is InChI=1S/C15H19N7O2/c16-15-18-19-20-22(15)10-13(23)17-8-11-4-1-2-5-12(11)9-21-7-3-6-14(21)24/h1-2,4-5H,3,6-10H2,(H,17,23)(H2,16,18,20). The van der Waals surface area contributed by atoms with Crippen molar-refractivity contribution in [1.82, 2.24) is 30.4 Å². The Kier molecular flexibility index (Phi) is 4.69. The largest absolute Gasteiger partial charge is 0.367 e. The maximum atomic E-state index is 12.0. The van der Waals surface area contributed by atoms with Crippen LogP contribution < -0.4 is 11.1 Å². The first-order chi connectivity index (χ1) is 11.6. The first kappa shape index (κ1) is 15.9. The number of nitrogens with two attached hydrogens (primary N) is 1. The molecule has 1 fully saturated rings. The highest BCUT2D eigenvalue weighted by Gasteiger charge is 2.21. The van der Waals surface area contributed by atoms with Gasteiger partial charge in [0, 0.05) is 26.1 Å². The molecule has 2 aromatic rings. The molecule has 2 heterocycles. The molecule has 3 N–H and O–H groups in total. The van der Waals surface area contributed by atoms with Crippen molar-refractivity contribution in [3.05, 3.63) is 35.4 Å². The number of amides is 2. The molecule has 0 saturated carbocycles. The average Bonchev–Trinajstić information content (AvgIpc) is 3.16. The number of hydrogen-bond acceptors (Lipinski definition) is 6. The van der Waals surface area contributed by atoms with Crippen molar-refractivity contribution in [2.24, 2.45) is 0 Å². The Bertz CT molecular complexity index is 743. The molecule has 1 aliphatic rings. The second-order valence-electron chi connectivity index (χ2n) is 5.66. The summed E-state index contributed by atoms with van der Waals surface area (Å²) in [6, 6.07) is 7.77. The van der Waals surface area contributed by atoms with Crippen molar-refractivity contribution in [3.63, 3.8) is 0 Å². The lowest BCUT2D eigenvalue weighted by Gasteiger charge is -2.18. The maximum absolute atomic E-state index is 12.0. The van der Waals surface area contributed by atoms with E-state index in [0.29, 0.717) is 19.5 Å². The lowest BCUT2D eigenvalue weighted by atomic mass is 10.1. The van der Waals surface area contributed by atoms with Gasteiger partial charge in [0.2, 0.25) is 17.8 Å². The third kappa shape index (κ3) is 3.67. The van der Waals surface area contributed by atoms with Crippen molar-refractivity contribution in [2.45, 2.75) is 32.5 Å². The minimum Gasteiger partial charge on any atom is -0.367 e. The van der Waals surface area contributed by atoms with E-state index in [-0.39, 0.29) is 24.3 Å². The smallest absolute Gasteiger partial charge is 0.242 e. The predicted molar refractivity (Wildman–Crippen MR) is 85.2 cm³/mol. The number of tetrazole rings is 1. The van der Waals surface area contributed by atoms with Gasteiger partial charge in [0.25, 0.3) is 0 Å². The third-order valence-corrected chi connectivity index (χ3v) is 3.98. The minimum atomic E-state index is -0.235. The van der Waals surface area contributed by atoms with Gasteiger partial charge in [-0.25, -0.2) is 4.68 Å². The molecule has 1 aromatic carbocycles. The van der Waals surface area contributed by atoms with Gasteiger partial charge in [-0.05, 0) is 28.0 Å².